The highest BCUT2D eigenvalue weighted by Crippen LogP contribution is 2.33. The van der Waals surface area contributed by atoms with Crippen LogP contribution in [0.5, 0.6) is 5.75 Å². The first-order valence-corrected chi connectivity index (χ1v) is 9.29. The van der Waals surface area contributed by atoms with E-state index < -0.39 is 0 Å². The molecular weight excluding hydrogens is 362 g/mol. The third-order valence-electron chi connectivity index (χ3n) is 4.11. The Morgan fingerprint density at radius 1 is 0.833 bits per heavy atom. The van der Waals surface area contributed by atoms with E-state index in [1.807, 2.05) is 6.07 Å². The molecule has 124 valence electrons. The Hall–Kier alpha value is -1.84. The van der Waals surface area contributed by atoms with Gasteiger partial charge in [0.2, 0.25) is 0 Å². The summed E-state index contributed by atoms with van der Waals surface area (Å²) in [5.74, 6) is 0.932. The average molecular weight is 385 g/mol. The minimum Gasteiger partial charge on any atom is -0.492 e. The summed E-state index contributed by atoms with van der Waals surface area (Å²) in [6.07, 6.45) is 2.24. The molecule has 0 aliphatic carbocycles. The predicted octanol–water partition coefficient (Wildman–Crippen LogP) is 4.52. The van der Waals surface area contributed by atoms with Gasteiger partial charge in [-0.2, -0.15) is 0 Å². The lowest BCUT2D eigenvalue weighted by molar-refractivity contribution is -0.671. The van der Waals surface area contributed by atoms with Crippen LogP contribution < -0.4 is 10.1 Å². The van der Waals surface area contributed by atoms with E-state index in [9.17, 15) is 0 Å². The second-order valence-electron chi connectivity index (χ2n) is 5.92. The van der Waals surface area contributed by atoms with Crippen LogP contribution in [0.1, 0.15) is 18.4 Å². The van der Waals surface area contributed by atoms with Crippen molar-refractivity contribution in [2.75, 3.05) is 13.2 Å². The van der Waals surface area contributed by atoms with Gasteiger partial charge in [-0.05, 0) is 45.6 Å². The van der Waals surface area contributed by atoms with Crippen LogP contribution in [0.25, 0.3) is 10.8 Å². The maximum atomic E-state index is 5.95. The lowest BCUT2D eigenvalue weighted by atomic mass is 10.1. The molecule has 0 fully saturated rings. The molecule has 0 aromatic heterocycles. The summed E-state index contributed by atoms with van der Waals surface area (Å²) in [5, 5.41) is 4.79. The third kappa shape index (κ3) is 4.59. The minimum atomic E-state index is 0.760. The topological polar surface area (TPSA) is 25.8 Å². The minimum absolute atomic E-state index is 0.760. The van der Waals surface area contributed by atoms with E-state index in [1.54, 1.807) is 0 Å². The van der Waals surface area contributed by atoms with Gasteiger partial charge in [0.1, 0.15) is 12.3 Å². The number of nitrogens with two attached hydrogens (primary N) is 1. The molecule has 0 saturated heterocycles. The summed E-state index contributed by atoms with van der Waals surface area (Å²) in [6, 6.07) is 23.1. The molecule has 2 nitrogen and oxygen atoms in total. The Kier molecular flexibility index (Phi) is 6.27. The van der Waals surface area contributed by atoms with Gasteiger partial charge < -0.3 is 10.1 Å². The average Bonchev–Trinajstić information content (AvgIpc) is 2.64. The number of benzene rings is 3. The summed E-state index contributed by atoms with van der Waals surface area (Å²) < 4.78 is 7.00. The van der Waals surface area contributed by atoms with Crippen LogP contribution in [0.4, 0.5) is 0 Å². The van der Waals surface area contributed by atoms with Crippen molar-refractivity contribution in [1.29, 1.82) is 0 Å². The number of hydrogen-bond donors (Lipinski definition) is 1. The van der Waals surface area contributed by atoms with E-state index in [1.165, 1.54) is 16.3 Å². The van der Waals surface area contributed by atoms with Crippen LogP contribution in [0.3, 0.4) is 0 Å². The number of unbranched alkanes of at least 4 members (excludes halogenated alkanes) is 1. The van der Waals surface area contributed by atoms with Crippen LogP contribution in [-0.2, 0) is 6.54 Å². The second kappa shape index (κ2) is 8.86. The van der Waals surface area contributed by atoms with Crippen LogP contribution in [0, 0.1) is 0 Å². The lowest BCUT2D eigenvalue weighted by Gasteiger charge is -2.10. The zero-order valence-electron chi connectivity index (χ0n) is 13.7. The van der Waals surface area contributed by atoms with Crippen molar-refractivity contribution in [3.8, 4) is 5.75 Å². The molecule has 3 heteroatoms. The summed E-state index contributed by atoms with van der Waals surface area (Å²) in [5.41, 5.74) is 1.38. The number of quaternary nitrogens is 1. The smallest absolute Gasteiger partial charge is 0.134 e. The molecule has 0 amide bonds. The summed E-state index contributed by atoms with van der Waals surface area (Å²) in [7, 11) is 0. The number of rotatable bonds is 8. The summed E-state index contributed by atoms with van der Waals surface area (Å²) in [6.45, 7) is 2.95. The maximum Gasteiger partial charge on any atom is 0.134 e. The fourth-order valence-corrected chi connectivity index (χ4v) is 3.39. The Balaban J connectivity index is 1.38. The number of ether oxygens (including phenoxy) is 1. The largest absolute Gasteiger partial charge is 0.492 e. The van der Waals surface area contributed by atoms with Crippen molar-refractivity contribution >= 4 is 26.7 Å². The van der Waals surface area contributed by atoms with Crippen LogP contribution in [0.15, 0.2) is 71.2 Å². The van der Waals surface area contributed by atoms with Gasteiger partial charge in [0.25, 0.3) is 0 Å². The fraction of sp³-hybridized carbons (Fsp3) is 0.238. The lowest BCUT2D eigenvalue weighted by Crippen LogP contribution is -2.82. The molecule has 2 N–H and O–H groups in total. The summed E-state index contributed by atoms with van der Waals surface area (Å²) in [4.78, 5) is 0. The molecule has 3 aromatic rings. The molecule has 0 bridgehead atoms. The first kappa shape index (κ1) is 17.0. The van der Waals surface area contributed by atoms with Crippen LogP contribution >= 0.6 is 15.9 Å². The van der Waals surface area contributed by atoms with E-state index in [4.69, 9.17) is 4.74 Å². The van der Waals surface area contributed by atoms with Crippen molar-refractivity contribution in [2.45, 2.75) is 19.4 Å². The monoisotopic (exact) mass is 384 g/mol. The van der Waals surface area contributed by atoms with Gasteiger partial charge in [-0.15, -0.1) is 0 Å². The Morgan fingerprint density at radius 3 is 2.50 bits per heavy atom. The van der Waals surface area contributed by atoms with E-state index in [-0.39, 0.29) is 0 Å². The van der Waals surface area contributed by atoms with Crippen molar-refractivity contribution in [2.24, 2.45) is 0 Å². The van der Waals surface area contributed by atoms with E-state index in [2.05, 4.69) is 81.9 Å². The molecule has 0 aliphatic heterocycles. The van der Waals surface area contributed by atoms with E-state index in [0.29, 0.717) is 0 Å². The Morgan fingerprint density at radius 2 is 1.62 bits per heavy atom. The molecule has 0 aliphatic rings. The highest BCUT2D eigenvalue weighted by atomic mass is 79.9. The zero-order chi connectivity index (χ0) is 16.6. The van der Waals surface area contributed by atoms with Gasteiger partial charge in [-0.1, -0.05) is 60.7 Å². The molecular formula is C21H23BrNO+. The molecule has 24 heavy (non-hydrogen) atoms. The summed E-state index contributed by atoms with van der Waals surface area (Å²) >= 11 is 3.67. The quantitative estimate of drug-likeness (QED) is 0.567. The highest BCUT2D eigenvalue weighted by molar-refractivity contribution is 9.10. The second-order valence-corrected chi connectivity index (χ2v) is 6.71. The first-order valence-electron chi connectivity index (χ1n) is 8.50. The van der Waals surface area contributed by atoms with Gasteiger partial charge in [0.05, 0.1) is 17.6 Å². The van der Waals surface area contributed by atoms with Gasteiger partial charge in [0.15, 0.2) is 0 Å². The van der Waals surface area contributed by atoms with Gasteiger partial charge in [-0.25, -0.2) is 0 Å². The molecule has 0 unspecified atom stereocenters. The third-order valence-corrected chi connectivity index (χ3v) is 4.93. The predicted molar refractivity (Wildman–Crippen MR) is 103 cm³/mol. The molecule has 3 rings (SSSR count). The molecule has 0 atom stereocenters. The van der Waals surface area contributed by atoms with Gasteiger partial charge in [0, 0.05) is 5.56 Å². The van der Waals surface area contributed by atoms with E-state index >= 15 is 0 Å². The van der Waals surface area contributed by atoms with Crippen LogP contribution in [-0.4, -0.2) is 13.2 Å². The molecule has 0 saturated carbocycles. The van der Waals surface area contributed by atoms with Crippen LogP contribution in [0.2, 0.25) is 0 Å². The first-order chi connectivity index (χ1) is 11.8. The fourth-order valence-electron chi connectivity index (χ4n) is 2.78. The Labute approximate surface area is 152 Å². The van der Waals surface area contributed by atoms with Crippen molar-refractivity contribution in [3.63, 3.8) is 0 Å². The number of hydrogen-bond acceptors (Lipinski definition) is 1. The molecule has 0 radical (unpaired) electrons. The molecule has 0 heterocycles. The Bertz CT molecular complexity index is 773. The van der Waals surface area contributed by atoms with E-state index in [0.717, 1.165) is 42.8 Å². The molecule has 0 spiro atoms. The highest BCUT2D eigenvalue weighted by Gasteiger charge is 2.05. The number of halogens is 1. The SMILES string of the molecule is Brc1c(OCCCC[NH2+]Cc2ccccc2)ccc2ccccc12. The van der Waals surface area contributed by atoms with Crippen molar-refractivity contribution in [1.82, 2.24) is 0 Å². The zero-order valence-corrected chi connectivity index (χ0v) is 15.3. The maximum absolute atomic E-state index is 5.95. The normalized spacial score (nSPS) is 10.9. The van der Waals surface area contributed by atoms with Crippen molar-refractivity contribution in [3.05, 3.63) is 76.8 Å². The van der Waals surface area contributed by atoms with Gasteiger partial charge in [-0.3, -0.25) is 0 Å². The standard InChI is InChI=1S/C21H22BrNO/c22-21-19-11-5-4-10-18(19)12-13-20(21)24-15-7-6-14-23-16-17-8-2-1-3-9-17/h1-5,8-13,23H,6-7,14-16H2/p+1. The van der Waals surface area contributed by atoms with Crippen molar-refractivity contribution < 1.29 is 10.1 Å². The van der Waals surface area contributed by atoms with Gasteiger partial charge >= 0.3 is 0 Å². The number of fused-ring (bicyclic) bond motifs is 1. The molecule has 3 aromatic carbocycles.